The summed E-state index contributed by atoms with van der Waals surface area (Å²) in [5.74, 6) is 0.0561. The summed E-state index contributed by atoms with van der Waals surface area (Å²) in [4.78, 5) is 9.57. The van der Waals surface area contributed by atoms with E-state index < -0.39 is 5.82 Å². The minimum atomic E-state index is -0.496. The van der Waals surface area contributed by atoms with Gasteiger partial charge >= 0.3 is 0 Å². The second kappa shape index (κ2) is 5.24. The summed E-state index contributed by atoms with van der Waals surface area (Å²) in [6, 6.07) is -0.266. The van der Waals surface area contributed by atoms with Gasteiger partial charge in [-0.05, 0) is 0 Å². The quantitative estimate of drug-likeness (QED) is 0.768. The van der Waals surface area contributed by atoms with Crippen LogP contribution >= 0.6 is 0 Å². The SMILES string of the molecule is CNc1ncc(F)c(N2CCOCC2CO)n1. The fraction of sp³-hybridized carbons (Fsp3) is 0.600. The number of aliphatic hydroxyl groups is 1. The molecule has 0 radical (unpaired) electrons. The lowest BCUT2D eigenvalue weighted by atomic mass is 10.2. The molecule has 0 amide bonds. The number of morpholine rings is 1. The zero-order valence-electron chi connectivity index (χ0n) is 9.56. The molecule has 1 aliphatic heterocycles. The highest BCUT2D eigenvalue weighted by Crippen LogP contribution is 2.21. The van der Waals surface area contributed by atoms with Gasteiger partial charge in [0.1, 0.15) is 0 Å². The van der Waals surface area contributed by atoms with Crippen LogP contribution in [0.5, 0.6) is 0 Å². The molecule has 1 aromatic heterocycles. The summed E-state index contributed by atoms with van der Waals surface area (Å²) in [7, 11) is 1.67. The van der Waals surface area contributed by atoms with Crippen LogP contribution in [0.3, 0.4) is 0 Å². The summed E-state index contributed by atoms with van der Waals surface area (Å²) in [5.41, 5.74) is 0. The monoisotopic (exact) mass is 242 g/mol. The third kappa shape index (κ3) is 2.45. The Morgan fingerprint density at radius 1 is 1.71 bits per heavy atom. The number of nitrogens with zero attached hydrogens (tertiary/aromatic N) is 3. The number of anilines is 2. The summed E-state index contributed by atoms with van der Waals surface area (Å²) in [5, 5.41) is 12.0. The van der Waals surface area contributed by atoms with E-state index in [1.165, 1.54) is 0 Å². The molecule has 1 fully saturated rings. The van der Waals surface area contributed by atoms with Gasteiger partial charge in [0, 0.05) is 13.6 Å². The molecule has 1 atom stereocenters. The van der Waals surface area contributed by atoms with E-state index >= 15 is 0 Å². The average Bonchev–Trinajstić information content (AvgIpc) is 2.39. The van der Waals surface area contributed by atoms with E-state index in [1.807, 2.05) is 0 Å². The molecule has 94 valence electrons. The molecule has 0 spiro atoms. The first-order valence-corrected chi connectivity index (χ1v) is 5.41. The predicted molar refractivity (Wildman–Crippen MR) is 60.6 cm³/mol. The molecule has 0 aliphatic carbocycles. The van der Waals surface area contributed by atoms with Crippen LogP contribution in [-0.2, 0) is 4.74 Å². The molecule has 6 nitrogen and oxygen atoms in total. The summed E-state index contributed by atoms with van der Waals surface area (Å²) in [6.07, 6.45) is 1.12. The topological polar surface area (TPSA) is 70.5 Å². The Balaban J connectivity index is 2.30. The van der Waals surface area contributed by atoms with Crippen LogP contribution in [0.15, 0.2) is 6.20 Å². The van der Waals surface area contributed by atoms with Gasteiger partial charge in [0.2, 0.25) is 5.95 Å². The maximum Gasteiger partial charge on any atom is 0.224 e. The van der Waals surface area contributed by atoms with Crippen LogP contribution in [0.2, 0.25) is 0 Å². The molecule has 0 saturated carbocycles. The fourth-order valence-corrected chi connectivity index (χ4v) is 1.76. The summed E-state index contributed by atoms with van der Waals surface area (Å²) < 4.78 is 18.9. The Kier molecular flexibility index (Phi) is 3.70. The number of hydrogen-bond acceptors (Lipinski definition) is 6. The van der Waals surface area contributed by atoms with Crippen molar-refractivity contribution in [1.29, 1.82) is 0 Å². The second-order valence-electron chi connectivity index (χ2n) is 3.72. The Bertz CT molecular complexity index is 391. The molecule has 1 aliphatic rings. The van der Waals surface area contributed by atoms with Gasteiger partial charge in [0.25, 0.3) is 0 Å². The zero-order valence-corrected chi connectivity index (χ0v) is 9.56. The predicted octanol–water partition coefficient (Wildman–Crippen LogP) is -0.145. The van der Waals surface area contributed by atoms with Crippen LogP contribution < -0.4 is 10.2 Å². The Labute approximate surface area is 98.4 Å². The molecule has 2 heterocycles. The number of aromatic nitrogens is 2. The average molecular weight is 242 g/mol. The van der Waals surface area contributed by atoms with Crippen molar-refractivity contribution in [3.8, 4) is 0 Å². The third-order valence-electron chi connectivity index (χ3n) is 2.66. The molecule has 0 bridgehead atoms. The van der Waals surface area contributed by atoms with E-state index in [9.17, 15) is 9.50 Å². The van der Waals surface area contributed by atoms with E-state index in [0.29, 0.717) is 25.7 Å². The number of ether oxygens (including phenoxy) is 1. The first-order valence-electron chi connectivity index (χ1n) is 5.41. The van der Waals surface area contributed by atoms with Gasteiger partial charge in [-0.3, -0.25) is 0 Å². The van der Waals surface area contributed by atoms with Crippen LogP contribution in [0.4, 0.5) is 16.2 Å². The van der Waals surface area contributed by atoms with Crippen molar-refractivity contribution in [1.82, 2.24) is 9.97 Å². The summed E-state index contributed by atoms with van der Waals surface area (Å²) >= 11 is 0. The Hall–Kier alpha value is -1.47. The largest absolute Gasteiger partial charge is 0.394 e. The van der Waals surface area contributed by atoms with Crippen LogP contribution in [-0.4, -0.2) is 54.5 Å². The third-order valence-corrected chi connectivity index (χ3v) is 2.66. The van der Waals surface area contributed by atoms with Crippen molar-refractivity contribution in [2.75, 3.05) is 43.6 Å². The van der Waals surface area contributed by atoms with E-state index in [1.54, 1.807) is 11.9 Å². The van der Waals surface area contributed by atoms with E-state index in [2.05, 4.69) is 15.3 Å². The second-order valence-corrected chi connectivity index (χ2v) is 3.72. The van der Waals surface area contributed by atoms with Crippen molar-refractivity contribution in [2.24, 2.45) is 0 Å². The molecule has 7 heteroatoms. The molecule has 1 aromatic rings. The highest BCUT2D eigenvalue weighted by atomic mass is 19.1. The highest BCUT2D eigenvalue weighted by Gasteiger charge is 2.26. The van der Waals surface area contributed by atoms with Crippen LogP contribution in [0.1, 0.15) is 0 Å². The molecule has 1 saturated heterocycles. The number of aliphatic hydroxyl groups excluding tert-OH is 1. The van der Waals surface area contributed by atoms with Crippen LogP contribution in [0.25, 0.3) is 0 Å². The number of halogens is 1. The van der Waals surface area contributed by atoms with Crippen molar-refractivity contribution < 1.29 is 14.2 Å². The minimum Gasteiger partial charge on any atom is -0.394 e. The van der Waals surface area contributed by atoms with Crippen molar-refractivity contribution in [3.05, 3.63) is 12.0 Å². The normalized spacial score (nSPS) is 20.4. The molecular formula is C10H15FN4O2. The highest BCUT2D eigenvalue weighted by molar-refractivity contribution is 5.45. The maximum atomic E-state index is 13.7. The molecule has 1 unspecified atom stereocenters. The lowest BCUT2D eigenvalue weighted by Crippen LogP contribution is -2.48. The number of rotatable bonds is 3. The van der Waals surface area contributed by atoms with Crippen molar-refractivity contribution in [3.63, 3.8) is 0 Å². The smallest absolute Gasteiger partial charge is 0.224 e. The lowest BCUT2D eigenvalue weighted by Gasteiger charge is -2.35. The number of nitrogens with one attached hydrogen (secondary N) is 1. The van der Waals surface area contributed by atoms with E-state index in [4.69, 9.17) is 4.74 Å². The molecule has 0 aromatic carbocycles. The Morgan fingerprint density at radius 2 is 2.53 bits per heavy atom. The van der Waals surface area contributed by atoms with Gasteiger partial charge in [-0.1, -0.05) is 0 Å². The van der Waals surface area contributed by atoms with E-state index in [0.717, 1.165) is 6.20 Å². The molecule has 2 N–H and O–H groups in total. The van der Waals surface area contributed by atoms with Gasteiger partial charge in [-0.15, -0.1) is 0 Å². The van der Waals surface area contributed by atoms with Gasteiger partial charge in [-0.25, -0.2) is 9.37 Å². The summed E-state index contributed by atoms with van der Waals surface area (Å²) in [6.45, 7) is 1.27. The van der Waals surface area contributed by atoms with Gasteiger partial charge in [-0.2, -0.15) is 4.98 Å². The molecule has 2 rings (SSSR count). The van der Waals surface area contributed by atoms with Gasteiger partial charge in [0.15, 0.2) is 11.6 Å². The first-order chi connectivity index (χ1) is 8.26. The van der Waals surface area contributed by atoms with Crippen LogP contribution in [0, 0.1) is 5.82 Å². The fourth-order valence-electron chi connectivity index (χ4n) is 1.76. The minimum absolute atomic E-state index is 0.0989. The molecule has 17 heavy (non-hydrogen) atoms. The van der Waals surface area contributed by atoms with E-state index in [-0.39, 0.29) is 18.5 Å². The maximum absolute atomic E-state index is 13.7. The zero-order chi connectivity index (χ0) is 12.3. The lowest BCUT2D eigenvalue weighted by molar-refractivity contribution is 0.0719. The van der Waals surface area contributed by atoms with Gasteiger partial charge in [0.05, 0.1) is 32.1 Å². The van der Waals surface area contributed by atoms with Crippen molar-refractivity contribution in [2.45, 2.75) is 6.04 Å². The van der Waals surface area contributed by atoms with Gasteiger partial charge < -0.3 is 20.1 Å². The number of hydrogen-bond donors (Lipinski definition) is 2. The standard InChI is InChI=1S/C10H15FN4O2/c1-12-10-13-4-8(11)9(14-10)15-2-3-17-6-7(15)5-16/h4,7,16H,2-3,5-6H2,1H3,(H,12,13,14). The molecular weight excluding hydrogens is 227 g/mol. The first kappa shape index (κ1) is 12.0. The Morgan fingerprint density at radius 3 is 3.24 bits per heavy atom. The van der Waals surface area contributed by atoms with Crippen molar-refractivity contribution >= 4 is 11.8 Å².